The zero-order chi connectivity index (χ0) is 12.1. The minimum Gasteiger partial charge on any atom is -0.760 e. The molecular formula is C10H8NO4S-. The normalized spacial score (nSPS) is 14.9. The fourth-order valence-corrected chi connectivity index (χ4v) is 1.24. The van der Waals surface area contributed by atoms with Crippen molar-refractivity contribution in [3.8, 4) is 0 Å². The van der Waals surface area contributed by atoms with Crippen LogP contribution in [0, 0.1) is 0 Å². The number of carbonyl (C=O) groups excluding carboxylic acids is 2. The molecule has 1 aromatic rings. The quantitative estimate of drug-likeness (QED) is 0.659. The second-order valence-electron chi connectivity index (χ2n) is 2.87. The van der Waals surface area contributed by atoms with Crippen molar-refractivity contribution >= 4 is 22.8 Å². The summed E-state index contributed by atoms with van der Waals surface area (Å²) in [6, 6.07) is 6.84. The van der Waals surface area contributed by atoms with Gasteiger partial charge in [-0.3, -0.25) is 18.9 Å². The Morgan fingerprint density at radius 2 is 1.31 bits per heavy atom. The number of fused-ring (bicyclic) bond motifs is 1. The van der Waals surface area contributed by atoms with Crippen LogP contribution in [0.15, 0.2) is 36.4 Å². The van der Waals surface area contributed by atoms with Crippen molar-refractivity contribution in [2.24, 2.45) is 5.14 Å². The predicted octanol–water partition coefficient (Wildman–Crippen LogP) is 0.361. The van der Waals surface area contributed by atoms with Crippen molar-refractivity contribution in [2.75, 3.05) is 0 Å². The van der Waals surface area contributed by atoms with Crippen molar-refractivity contribution in [2.45, 2.75) is 0 Å². The Balaban J connectivity index is 0.000000280. The minimum absolute atomic E-state index is 0.0924. The maximum atomic E-state index is 11.2. The second-order valence-corrected chi connectivity index (χ2v) is 3.39. The standard InChI is InChI=1S/C10H6O2.H3NO2S/c11-9-5-6-10(12)8-4-2-1-3-7(8)9;1-4(2)3/h1-6H;1H2,(H,2,3)/p-1. The third-order valence-electron chi connectivity index (χ3n) is 1.84. The first-order chi connectivity index (χ1) is 7.52. The number of nitrogens with two attached hydrogens (primary N) is 1. The van der Waals surface area contributed by atoms with Gasteiger partial charge in [-0.25, -0.2) is 0 Å². The molecule has 0 fully saturated rings. The van der Waals surface area contributed by atoms with E-state index in [-0.39, 0.29) is 11.6 Å². The van der Waals surface area contributed by atoms with Gasteiger partial charge in [-0.1, -0.05) is 24.3 Å². The van der Waals surface area contributed by atoms with Crippen LogP contribution in [-0.4, -0.2) is 20.3 Å². The Morgan fingerprint density at radius 1 is 1.00 bits per heavy atom. The molecule has 1 aliphatic rings. The molecule has 0 spiro atoms. The maximum absolute atomic E-state index is 11.2. The Morgan fingerprint density at radius 3 is 1.62 bits per heavy atom. The van der Waals surface area contributed by atoms with Crippen LogP contribution in [0.1, 0.15) is 20.7 Å². The number of hydrogen-bond acceptors (Lipinski definition) is 4. The number of carbonyl (C=O) groups is 2. The number of allylic oxidation sites excluding steroid dienone is 2. The van der Waals surface area contributed by atoms with E-state index < -0.39 is 11.3 Å². The summed E-state index contributed by atoms with van der Waals surface area (Å²) in [5, 5.41) is 4.03. The van der Waals surface area contributed by atoms with Crippen molar-refractivity contribution in [3.05, 3.63) is 47.5 Å². The van der Waals surface area contributed by atoms with Crippen LogP contribution >= 0.6 is 0 Å². The Labute approximate surface area is 94.4 Å². The lowest BCUT2D eigenvalue weighted by Crippen LogP contribution is -2.10. The smallest absolute Gasteiger partial charge is 0.186 e. The molecule has 0 bridgehead atoms. The van der Waals surface area contributed by atoms with E-state index in [0.717, 1.165) is 0 Å². The van der Waals surface area contributed by atoms with Gasteiger partial charge >= 0.3 is 0 Å². The summed E-state index contributed by atoms with van der Waals surface area (Å²) in [7, 11) is 0. The third-order valence-corrected chi connectivity index (χ3v) is 1.84. The van der Waals surface area contributed by atoms with E-state index in [1.807, 2.05) is 0 Å². The summed E-state index contributed by atoms with van der Waals surface area (Å²) in [5.41, 5.74) is 1.01. The SMILES string of the molecule is NS(=O)[O-].O=C1C=CC(=O)c2ccccc21. The maximum Gasteiger partial charge on any atom is 0.186 e. The van der Waals surface area contributed by atoms with Crippen LogP contribution in [0.4, 0.5) is 0 Å². The molecule has 0 aliphatic heterocycles. The van der Waals surface area contributed by atoms with E-state index in [4.69, 9.17) is 8.76 Å². The molecule has 1 aromatic carbocycles. The highest BCUT2D eigenvalue weighted by atomic mass is 32.2. The average molecular weight is 238 g/mol. The largest absolute Gasteiger partial charge is 0.760 e. The minimum atomic E-state index is -2.36. The number of ketones is 2. The van der Waals surface area contributed by atoms with E-state index in [0.29, 0.717) is 11.1 Å². The molecule has 1 unspecified atom stereocenters. The average Bonchev–Trinajstić information content (AvgIpc) is 2.23. The zero-order valence-corrected chi connectivity index (χ0v) is 8.90. The van der Waals surface area contributed by atoms with Gasteiger partial charge in [-0.15, -0.1) is 0 Å². The Bertz CT molecular complexity index is 440. The van der Waals surface area contributed by atoms with Gasteiger partial charge in [0.05, 0.1) is 0 Å². The van der Waals surface area contributed by atoms with Crippen LogP contribution < -0.4 is 5.14 Å². The molecule has 2 rings (SSSR count). The van der Waals surface area contributed by atoms with Gasteiger partial charge in [0, 0.05) is 22.4 Å². The molecule has 0 aromatic heterocycles. The molecule has 0 heterocycles. The molecule has 84 valence electrons. The molecule has 16 heavy (non-hydrogen) atoms. The van der Waals surface area contributed by atoms with Crippen LogP contribution in [0.5, 0.6) is 0 Å². The molecule has 6 heteroatoms. The summed E-state index contributed by atoms with van der Waals surface area (Å²) < 4.78 is 17.6. The molecular weight excluding hydrogens is 230 g/mol. The van der Waals surface area contributed by atoms with Gasteiger partial charge in [0.15, 0.2) is 11.6 Å². The highest BCUT2D eigenvalue weighted by molar-refractivity contribution is 7.76. The summed E-state index contributed by atoms with van der Waals surface area (Å²) in [6.45, 7) is 0. The highest BCUT2D eigenvalue weighted by Crippen LogP contribution is 2.15. The van der Waals surface area contributed by atoms with Crippen LogP contribution in [-0.2, 0) is 11.3 Å². The van der Waals surface area contributed by atoms with Gasteiger partial charge < -0.3 is 4.55 Å². The lowest BCUT2D eigenvalue weighted by Gasteiger charge is -2.06. The Hall–Kier alpha value is -1.63. The van der Waals surface area contributed by atoms with Gasteiger partial charge in [0.2, 0.25) is 0 Å². The number of benzene rings is 1. The summed E-state index contributed by atoms with van der Waals surface area (Å²) >= 11 is -2.36. The molecule has 2 N–H and O–H groups in total. The van der Waals surface area contributed by atoms with E-state index >= 15 is 0 Å². The Kier molecular flexibility index (Phi) is 4.24. The summed E-state index contributed by atoms with van der Waals surface area (Å²) in [5.74, 6) is -0.185. The van der Waals surface area contributed by atoms with Crippen molar-refractivity contribution in [3.63, 3.8) is 0 Å². The van der Waals surface area contributed by atoms with Gasteiger partial charge in [0.1, 0.15) is 0 Å². The fraction of sp³-hybridized carbons (Fsp3) is 0. The van der Waals surface area contributed by atoms with Crippen LogP contribution in [0.25, 0.3) is 0 Å². The highest BCUT2D eigenvalue weighted by Gasteiger charge is 2.16. The second kappa shape index (κ2) is 5.45. The van der Waals surface area contributed by atoms with Gasteiger partial charge in [-0.2, -0.15) is 0 Å². The summed E-state index contributed by atoms with van der Waals surface area (Å²) in [6.07, 6.45) is 2.62. The third kappa shape index (κ3) is 3.20. The predicted molar refractivity (Wildman–Crippen MR) is 57.4 cm³/mol. The molecule has 1 aliphatic carbocycles. The van der Waals surface area contributed by atoms with Crippen LogP contribution in [0.3, 0.4) is 0 Å². The van der Waals surface area contributed by atoms with Crippen LogP contribution in [0.2, 0.25) is 0 Å². The molecule has 0 saturated carbocycles. The number of hydrogen-bond donors (Lipinski definition) is 1. The zero-order valence-electron chi connectivity index (χ0n) is 8.08. The lowest BCUT2D eigenvalue weighted by molar-refractivity contribution is 0.0994. The topological polar surface area (TPSA) is 100 Å². The molecule has 5 nitrogen and oxygen atoms in total. The van der Waals surface area contributed by atoms with Gasteiger partial charge in [-0.05, 0) is 12.2 Å². The lowest BCUT2D eigenvalue weighted by atomic mass is 9.95. The first-order valence-corrected chi connectivity index (χ1v) is 5.35. The molecule has 1 atom stereocenters. The van der Waals surface area contributed by atoms with E-state index in [2.05, 4.69) is 5.14 Å². The first-order valence-electron chi connectivity index (χ1n) is 4.22. The monoisotopic (exact) mass is 238 g/mol. The van der Waals surface area contributed by atoms with Crippen molar-refractivity contribution in [1.29, 1.82) is 0 Å². The van der Waals surface area contributed by atoms with E-state index in [1.165, 1.54) is 12.2 Å². The van der Waals surface area contributed by atoms with Crippen molar-refractivity contribution in [1.82, 2.24) is 0 Å². The molecule has 0 radical (unpaired) electrons. The summed E-state index contributed by atoms with van der Waals surface area (Å²) in [4.78, 5) is 22.4. The molecule has 0 amide bonds. The van der Waals surface area contributed by atoms with E-state index in [1.54, 1.807) is 24.3 Å². The molecule has 0 saturated heterocycles. The first kappa shape index (κ1) is 12.4. The number of rotatable bonds is 0. The van der Waals surface area contributed by atoms with Crippen molar-refractivity contribution < 1.29 is 18.4 Å². The van der Waals surface area contributed by atoms with Gasteiger partial charge in [0.25, 0.3) is 0 Å². The fourth-order valence-electron chi connectivity index (χ4n) is 1.24. The van der Waals surface area contributed by atoms with E-state index in [9.17, 15) is 9.59 Å².